The van der Waals surface area contributed by atoms with E-state index < -0.39 is 12.0 Å². The number of urea groups is 1. The first-order chi connectivity index (χ1) is 11.1. The summed E-state index contributed by atoms with van der Waals surface area (Å²) < 4.78 is 5.24. The van der Waals surface area contributed by atoms with Crippen LogP contribution in [0.4, 0.5) is 9.93 Å². The van der Waals surface area contributed by atoms with Crippen LogP contribution in [0, 0.1) is 0 Å². The van der Waals surface area contributed by atoms with E-state index in [4.69, 9.17) is 10.5 Å². The number of primary amides is 1. The van der Waals surface area contributed by atoms with Crippen molar-refractivity contribution < 1.29 is 14.3 Å². The van der Waals surface area contributed by atoms with E-state index in [1.54, 1.807) is 16.2 Å². The van der Waals surface area contributed by atoms with Crippen molar-refractivity contribution in [1.29, 1.82) is 0 Å². The first-order valence-electron chi connectivity index (χ1n) is 8.06. The van der Waals surface area contributed by atoms with E-state index in [1.165, 1.54) is 37.0 Å². The summed E-state index contributed by atoms with van der Waals surface area (Å²) >= 11 is 1.55. The quantitative estimate of drug-likeness (QED) is 0.879. The number of morpholine rings is 1. The summed E-state index contributed by atoms with van der Waals surface area (Å²) in [7, 11) is 0. The van der Waals surface area contributed by atoms with Crippen LogP contribution >= 0.6 is 11.3 Å². The van der Waals surface area contributed by atoms with Gasteiger partial charge in [0.2, 0.25) is 5.91 Å². The maximum atomic E-state index is 12.3. The van der Waals surface area contributed by atoms with Crippen molar-refractivity contribution in [2.75, 3.05) is 25.0 Å². The van der Waals surface area contributed by atoms with Gasteiger partial charge in [-0.3, -0.25) is 10.1 Å². The van der Waals surface area contributed by atoms with Crippen LogP contribution in [0.2, 0.25) is 0 Å². The zero-order valence-electron chi connectivity index (χ0n) is 13.0. The molecule has 1 aromatic heterocycles. The number of aromatic nitrogens is 1. The van der Waals surface area contributed by atoms with Crippen molar-refractivity contribution >= 4 is 28.4 Å². The summed E-state index contributed by atoms with van der Waals surface area (Å²) in [4.78, 5) is 30.6. The molecule has 0 radical (unpaired) electrons. The summed E-state index contributed by atoms with van der Waals surface area (Å²) in [5.41, 5.74) is 5.24. The number of rotatable bonds is 3. The van der Waals surface area contributed by atoms with E-state index in [0.717, 1.165) is 0 Å². The molecule has 1 aliphatic heterocycles. The molecule has 2 aliphatic rings. The number of ether oxygens (including phenoxy) is 1. The monoisotopic (exact) mass is 338 g/mol. The molecule has 23 heavy (non-hydrogen) atoms. The van der Waals surface area contributed by atoms with Gasteiger partial charge in [-0.2, -0.15) is 0 Å². The Bertz CT molecular complexity index is 571. The van der Waals surface area contributed by atoms with Crippen LogP contribution in [0.3, 0.4) is 0 Å². The molecule has 0 bridgehead atoms. The van der Waals surface area contributed by atoms with Crippen LogP contribution in [-0.2, 0) is 9.53 Å². The van der Waals surface area contributed by atoms with Gasteiger partial charge in [-0.25, -0.2) is 9.78 Å². The van der Waals surface area contributed by atoms with E-state index in [2.05, 4.69) is 10.3 Å². The van der Waals surface area contributed by atoms with Gasteiger partial charge in [0.05, 0.1) is 13.2 Å². The standard InChI is InChI=1S/C15H22N4O3S/c16-13(20)11-9-19(6-7-22-11)15(21)18-14-17-8-12(23-14)10-4-2-1-3-5-10/h8,10-11H,1-7,9H2,(H2,16,20)(H,17,18,21)/t11-/m0/s1. The van der Waals surface area contributed by atoms with Crippen molar-refractivity contribution in [2.45, 2.75) is 44.1 Å². The lowest BCUT2D eigenvalue weighted by Gasteiger charge is -2.31. The summed E-state index contributed by atoms with van der Waals surface area (Å²) in [6.45, 7) is 0.935. The molecule has 1 saturated heterocycles. The van der Waals surface area contributed by atoms with Gasteiger partial charge >= 0.3 is 6.03 Å². The van der Waals surface area contributed by atoms with E-state index in [9.17, 15) is 9.59 Å². The molecule has 8 heteroatoms. The third-order valence-corrected chi connectivity index (χ3v) is 5.49. The number of hydrogen-bond acceptors (Lipinski definition) is 5. The highest BCUT2D eigenvalue weighted by Gasteiger charge is 2.28. The van der Waals surface area contributed by atoms with Gasteiger partial charge < -0.3 is 15.4 Å². The molecular formula is C15H22N4O3S. The number of amides is 3. The average Bonchev–Trinajstić information content (AvgIpc) is 3.04. The number of thiazole rings is 1. The van der Waals surface area contributed by atoms with Gasteiger partial charge in [-0.15, -0.1) is 11.3 Å². The number of nitrogens with two attached hydrogens (primary N) is 1. The fourth-order valence-corrected chi connectivity index (χ4v) is 4.07. The Labute approximate surface area is 139 Å². The number of nitrogens with one attached hydrogen (secondary N) is 1. The smallest absolute Gasteiger partial charge is 0.323 e. The van der Waals surface area contributed by atoms with Gasteiger partial charge in [-0.1, -0.05) is 19.3 Å². The Morgan fingerprint density at radius 1 is 1.35 bits per heavy atom. The molecule has 0 spiro atoms. The van der Waals surface area contributed by atoms with E-state index in [0.29, 0.717) is 24.2 Å². The van der Waals surface area contributed by atoms with Crippen LogP contribution in [0.15, 0.2) is 6.20 Å². The van der Waals surface area contributed by atoms with Crippen molar-refractivity contribution in [2.24, 2.45) is 5.73 Å². The highest BCUT2D eigenvalue weighted by atomic mass is 32.1. The Morgan fingerprint density at radius 3 is 2.87 bits per heavy atom. The van der Waals surface area contributed by atoms with Gasteiger partial charge in [0.15, 0.2) is 11.2 Å². The summed E-state index contributed by atoms with van der Waals surface area (Å²) in [5.74, 6) is 0.0332. The zero-order chi connectivity index (χ0) is 16.2. The molecule has 3 N–H and O–H groups in total. The second-order valence-corrected chi connectivity index (χ2v) is 7.10. The van der Waals surface area contributed by atoms with Gasteiger partial charge in [0, 0.05) is 17.6 Å². The maximum Gasteiger partial charge on any atom is 0.323 e. The predicted molar refractivity (Wildman–Crippen MR) is 87.5 cm³/mol. The third-order valence-electron chi connectivity index (χ3n) is 4.42. The largest absolute Gasteiger partial charge is 0.367 e. The van der Waals surface area contributed by atoms with E-state index in [-0.39, 0.29) is 12.6 Å². The minimum Gasteiger partial charge on any atom is -0.367 e. The number of nitrogens with zero attached hydrogens (tertiary/aromatic N) is 2. The molecule has 2 fully saturated rings. The van der Waals surface area contributed by atoms with Crippen molar-refractivity contribution in [3.63, 3.8) is 0 Å². The average molecular weight is 338 g/mol. The summed E-state index contributed by atoms with van der Waals surface area (Å²) in [6, 6.07) is -0.260. The van der Waals surface area contributed by atoms with Gasteiger partial charge in [0.1, 0.15) is 0 Å². The molecule has 2 heterocycles. The highest BCUT2D eigenvalue weighted by molar-refractivity contribution is 7.15. The van der Waals surface area contributed by atoms with E-state index in [1.807, 2.05) is 6.20 Å². The summed E-state index contributed by atoms with van der Waals surface area (Å²) in [6.07, 6.45) is 7.42. The van der Waals surface area contributed by atoms with Gasteiger partial charge in [0.25, 0.3) is 0 Å². The lowest BCUT2D eigenvalue weighted by Crippen LogP contribution is -2.51. The van der Waals surface area contributed by atoms with Crippen LogP contribution in [0.1, 0.15) is 42.9 Å². The minimum absolute atomic E-state index is 0.183. The molecule has 1 aliphatic carbocycles. The van der Waals surface area contributed by atoms with Crippen LogP contribution in [0.5, 0.6) is 0 Å². The molecule has 1 saturated carbocycles. The Balaban J connectivity index is 1.57. The number of hydrogen-bond donors (Lipinski definition) is 2. The first-order valence-corrected chi connectivity index (χ1v) is 8.87. The second-order valence-electron chi connectivity index (χ2n) is 6.04. The van der Waals surface area contributed by atoms with Crippen LogP contribution in [-0.4, -0.2) is 47.6 Å². The zero-order valence-corrected chi connectivity index (χ0v) is 13.8. The Kier molecular flexibility index (Phi) is 5.12. The molecular weight excluding hydrogens is 316 g/mol. The molecule has 1 atom stereocenters. The Morgan fingerprint density at radius 2 is 2.13 bits per heavy atom. The maximum absolute atomic E-state index is 12.3. The Hall–Kier alpha value is -1.67. The highest BCUT2D eigenvalue weighted by Crippen LogP contribution is 2.36. The topological polar surface area (TPSA) is 97.6 Å². The fourth-order valence-electron chi connectivity index (χ4n) is 3.10. The number of carbonyl (C=O) groups excluding carboxylic acids is 2. The molecule has 3 rings (SSSR count). The number of anilines is 1. The van der Waals surface area contributed by atoms with E-state index >= 15 is 0 Å². The van der Waals surface area contributed by atoms with Crippen molar-refractivity contribution in [3.05, 3.63) is 11.1 Å². The lowest BCUT2D eigenvalue weighted by molar-refractivity contribution is -0.133. The third kappa shape index (κ3) is 4.00. The molecule has 0 aromatic carbocycles. The van der Waals surface area contributed by atoms with Crippen LogP contribution < -0.4 is 11.1 Å². The normalized spacial score (nSPS) is 22.8. The molecule has 1 aromatic rings. The molecule has 7 nitrogen and oxygen atoms in total. The molecule has 126 valence electrons. The van der Waals surface area contributed by atoms with Crippen molar-refractivity contribution in [3.8, 4) is 0 Å². The SMILES string of the molecule is NC(=O)[C@@H]1CN(C(=O)Nc2ncc(C3CCCCC3)s2)CCO1. The predicted octanol–water partition coefficient (Wildman–Crippen LogP) is 1.91. The molecule has 3 amide bonds. The first kappa shape index (κ1) is 16.2. The van der Waals surface area contributed by atoms with Crippen LogP contribution in [0.25, 0.3) is 0 Å². The fraction of sp³-hybridized carbons (Fsp3) is 0.667. The minimum atomic E-state index is -0.733. The number of carbonyl (C=O) groups is 2. The van der Waals surface area contributed by atoms with Crippen molar-refractivity contribution in [1.82, 2.24) is 9.88 Å². The molecule has 0 unspecified atom stereocenters. The second kappa shape index (κ2) is 7.27. The van der Waals surface area contributed by atoms with Gasteiger partial charge in [-0.05, 0) is 18.8 Å². The lowest BCUT2D eigenvalue weighted by atomic mass is 9.89. The summed E-state index contributed by atoms with van der Waals surface area (Å²) in [5, 5.41) is 3.43.